The Bertz CT molecular complexity index is 274. The number of carboxylic acids is 1. The van der Waals surface area contributed by atoms with Gasteiger partial charge in [-0.1, -0.05) is 0 Å². The van der Waals surface area contributed by atoms with Crippen LogP contribution in [0.15, 0.2) is 0 Å². The van der Waals surface area contributed by atoms with Gasteiger partial charge in [-0.3, -0.25) is 4.79 Å². The number of aliphatic hydroxyl groups excluding tert-OH is 3. The lowest BCUT2D eigenvalue weighted by Crippen LogP contribution is -2.57. The predicted molar refractivity (Wildman–Crippen MR) is 53.9 cm³/mol. The molecule has 0 saturated carbocycles. The molecule has 6 atom stereocenters. The minimum atomic E-state index is -1.46. The van der Waals surface area contributed by atoms with Crippen LogP contribution in [0.4, 0.5) is 0 Å². The highest BCUT2D eigenvalue weighted by molar-refractivity contribution is 5.73. The number of carbonyl (C=O) groups is 1. The van der Waals surface area contributed by atoms with Crippen LogP contribution in [-0.2, 0) is 14.3 Å². The molecule has 0 aromatic rings. The van der Waals surface area contributed by atoms with Gasteiger partial charge in [0.1, 0.15) is 24.4 Å². The topological polar surface area (TPSA) is 142 Å². The monoisotopic (exact) mass is 251 g/mol. The minimum absolute atomic E-state index is 0.368. The molecule has 0 unspecified atom stereocenters. The third-order valence-electron chi connectivity index (χ3n) is 2.57. The van der Waals surface area contributed by atoms with E-state index in [1.54, 1.807) is 0 Å². The Morgan fingerprint density at radius 1 is 1.35 bits per heavy atom. The average molecular weight is 251 g/mol. The van der Waals surface area contributed by atoms with Crippen LogP contribution >= 0.6 is 0 Å². The van der Waals surface area contributed by atoms with Gasteiger partial charge in [0.15, 0.2) is 6.29 Å². The van der Waals surface area contributed by atoms with Gasteiger partial charge >= 0.3 is 5.97 Å². The summed E-state index contributed by atoms with van der Waals surface area (Å²) in [6, 6.07) is -1.25. The van der Waals surface area contributed by atoms with Crippen LogP contribution in [0.1, 0.15) is 6.92 Å². The molecule has 1 fully saturated rings. The minimum Gasteiger partial charge on any atom is -0.480 e. The maximum atomic E-state index is 10.4. The fourth-order valence-electron chi connectivity index (χ4n) is 1.42. The second kappa shape index (κ2) is 5.71. The van der Waals surface area contributed by atoms with Crippen LogP contribution < -0.4 is 5.73 Å². The fraction of sp³-hybridized carbons (Fsp3) is 0.889. The van der Waals surface area contributed by atoms with Crippen molar-refractivity contribution in [3.63, 3.8) is 0 Å². The summed E-state index contributed by atoms with van der Waals surface area (Å²) in [5.41, 5.74) is 5.20. The molecule has 0 amide bonds. The number of carboxylic acid groups (broad SMARTS) is 1. The van der Waals surface area contributed by atoms with Gasteiger partial charge in [0, 0.05) is 0 Å². The van der Waals surface area contributed by atoms with Crippen molar-refractivity contribution in [2.24, 2.45) is 5.73 Å². The van der Waals surface area contributed by atoms with Gasteiger partial charge < -0.3 is 35.6 Å². The first kappa shape index (κ1) is 14.3. The summed E-state index contributed by atoms with van der Waals surface area (Å²) in [5.74, 6) is -1.25. The van der Waals surface area contributed by atoms with Crippen molar-refractivity contribution in [2.45, 2.75) is 43.7 Å². The molecule has 1 aliphatic heterocycles. The third kappa shape index (κ3) is 3.35. The van der Waals surface area contributed by atoms with E-state index in [2.05, 4.69) is 0 Å². The van der Waals surface area contributed by atoms with E-state index < -0.39 is 42.7 Å². The Morgan fingerprint density at radius 3 is 2.47 bits per heavy atom. The highest BCUT2D eigenvalue weighted by atomic mass is 16.7. The lowest BCUT2D eigenvalue weighted by molar-refractivity contribution is -0.293. The SMILES string of the molecule is C[C@@H]1O[C@@H](OC[C@H](N)C(=O)O)[C@H](O)[C@H](O)[C@H]1O. The molecule has 8 nitrogen and oxygen atoms in total. The Balaban J connectivity index is 2.51. The van der Waals surface area contributed by atoms with E-state index in [0.29, 0.717) is 0 Å². The Hall–Kier alpha value is -0.770. The summed E-state index contributed by atoms with van der Waals surface area (Å²) in [6.07, 6.45) is -6.04. The van der Waals surface area contributed by atoms with Gasteiger partial charge in [-0.2, -0.15) is 0 Å². The molecule has 100 valence electrons. The van der Waals surface area contributed by atoms with Crippen LogP contribution in [0.2, 0.25) is 0 Å². The number of hydrogen-bond donors (Lipinski definition) is 5. The van der Waals surface area contributed by atoms with Crippen molar-refractivity contribution < 1.29 is 34.7 Å². The van der Waals surface area contributed by atoms with E-state index in [1.165, 1.54) is 6.92 Å². The first-order valence-electron chi connectivity index (χ1n) is 5.14. The van der Waals surface area contributed by atoms with Crippen LogP contribution in [0, 0.1) is 0 Å². The number of aliphatic hydroxyl groups is 3. The number of ether oxygens (including phenoxy) is 2. The Kier molecular flexibility index (Phi) is 4.80. The van der Waals surface area contributed by atoms with Crippen molar-refractivity contribution >= 4 is 5.97 Å². The molecule has 0 radical (unpaired) electrons. The van der Waals surface area contributed by atoms with E-state index >= 15 is 0 Å². The zero-order valence-corrected chi connectivity index (χ0v) is 9.26. The maximum absolute atomic E-state index is 10.4. The van der Waals surface area contributed by atoms with Gasteiger partial charge in [0.2, 0.25) is 0 Å². The molecular weight excluding hydrogens is 234 g/mol. The molecular formula is C9H17NO7. The van der Waals surface area contributed by atoms with Crippen LogP contribution in [0.3, 0.4) is 0 Å². The fourth-order valence-corrected chi connectivity index (χ4v) is 1.42. The van der Waals surface area contributed by atoms with Crippen LogP contribution in [-0.4, -0.2) is 69.8 Å². The van der Waals surface area contributed by atoms with Crippen molar-refractivity contribution in [3.05, 3.63) is 0 Å². The number of hydrogen-bond acceptors (Lipinski definition) is 7. The molecule has 0 aromatic heterocycles. The van der Waals surface area contributed by atoms with Crippen molar-refractivity contribution in [2.75, 3.05) is 6.61 Å². The standard InChI is InChI=1S/C9H17NO7/c1-3-5(11)6(12)7(13)9(17-3)16-2-4(10)8(14)15/h3-7,9,11-13H,2,10H2,1H3,(H,14,15)/t3-,4-,5-,6+,7+,9+/m0/s1. The van der Waals surface area contributed by atoms with Crippen molar-refractivity contribution in [1.29, 1.82) is 0 Å². The van der Waals surface area contributed by atoms with Crippen LogP contribution in [0.5, 0.6) is 0 Å². The summed E-state index contributed by atoms with van der Waals surface area (Å²) >= 11 is 0. The second-order valence-corrected chi connectivity index (χ2v) is 3.96. The van der Waals surface area contributed by atoms with Gasteiger partial charge in [0.05, 0.1) is 12.7 Å². The summed E-state index contributed by atoms with van der Waals surface area (Å²) in [4.78, 5) is 10.4. The second-order valence-electron chi connectivity index (χ2n) is 3.96. The Morgan fingerprint density at radius 2 is 1.94 bits per heavy atom. The lowest BCUT2D eigenvalue weighted by Gasteiger charge is -2.39. The maximum Gasteiger partial charge on any atom is 0.322 e. The van der Waals surface area contributed by atoms with E-state index in [1.807, 2.05) is 0 Å². The van der Waals surface area contributed by atoms with Crippen molar-refractivity contribution in [3.8, 4) is 0 Å². The van der Waals surface area contributed by atoms with E-state index in [0.717, 1.165) is 0 Å². The molecule has 1 aliphatic rings. The normalized spacial score (nSPS) is 39.9. The molecule has 1 saturated heterocycles. The highest BCUT2D eigenvalue weighted by Gasteiger charge is 2.42. The lowest BCUT2D eigenvalue weighted by atomic mass is 10.0. The van der Waals surface area contributed by atoms with E-state index in [4.69, 9.17) is 20.3 Å². The van der Waals surface area contributed by atoms with Crippen LogP contribution in [0.25, 0.3) is 0 Å². The molecule has 0 aliphatic carbocycles. The van der Waals surface area contributed by atoms with Gasteiger partial charge in [-0.05, 0) is 6.92 Å². The zero-order valence-electron chi connectivity index (χ0n) is 9.26. The average Bonchev–Trinajstić information content (AvgIpc) is 2.28. The van der Waals surface area contributed by atoms with Gasteiger partial charge in [-0.15, -0.1) is 0 Å². The largest absolute Gasteiger partial charge is 0.480 e. The zero-order chi connectivity index (χ0) is 13.2. The van der Waals surface area contributed by atoms with E-state index in [9.17, 15) is 20.1 Å². The number of nitrogens with two attached hydrogens (primary N) is 1. The molecule has 6 N–H and O–H groups in total. The van der Waals surface area contributed by atoms with E-state index in [-0.39, 0.29) is 6.61 Å². The molecule has 8 heteroatoms. The summed E-state index contributed by atoms with van der Waals surface area (Å²) < 4.78 is 10.0. The quantitative estimate of drug-likeness (QED) is 0.361. The number of aliphatic carboxylic acids is 1. The number of rotatable bonds is 4. The smallest absolute Gasteiger partial charge is 0.322 e. The molecule has 0 aromatic carbocycles. The molecule has 0 spiro atoms. The third-order valence-corrected chi connectivity index (χ3v) is 2.57. The first-order valence-corrected chi connectivity index (χ1v) is 5.14. The summed E-state index contributed by atoms with van der Waals surface area (Å²) in [5, 5.41) is 36.9. The summed E-state index contributed by atoms with van der Waals surface area (Å²) in [6.45, 7) is 1.12. The summed E-state index contributed by atoms with van der Waals surface area (Å²) in [7, 11) is 0. The Labute approximate surface area is 97.6 Å². The highest BCUT2D eigenvalue weighted by Crippen LogP contribution is 2.21. The molecule has 0 bridgehead atoms. The van der Waals surface area contributed by atoms with Gasteiger partial charge in [-0.25, -0.2) is 0 Å². The molecule has 1 heterocycles. The predicted octanol–water partition coefficient (Wildman–Crippen LogP) is -2.76. The van der Waals surface area contributed by atoms with Gasteiger partial charge in [0.25, 0.3) is 0 Å². The molecule has 1 rings (SSSR count). The van der Waals surface area contributed by atoms with Crippen molar-refractivity contribution in [1.82, 2.24) is 0 Å². The molecule has 17 heavy (non-hydrogen) atoms. The first-order chi connectivity index (χ1) is 7.84.